The first-order valence-electron chi connectivity index (χ1n) is 5.61. The summed E-state index contributed by atoms with van der Waals surface area (Å²) in [6, 6.07) is 2.08. The highest BCUT2D eigenvalue weighted by Gasteiger charge is 2.18. The number of pyridine rings is 1. The number of benzene rings is 1. The molecule has 0 spiro atoms. The minimum atomic E-state index is -1.55. The zero-order chi connectivity index (χ0) is 15.6. The van der Waals surface area contributed by atoms with Gasteiger partial charge in [0, 0.05) is 24.5 Å². The third kappa shape index (κ3) is 2.94. The third-order valence-electron chi connectivity index (χ3n) is 2.61. The number of aromatic nitrogens is 1. The van der Waals surface area contributed by atoms with Crippen molar-refractivity contribution >= 4 is 17.6 Å². The van der Waals surface area contributed by atoms with Gasteiger partial charge in [-0.05, 0) is 6.07 Å². The number of hydrogen-bond acceptors (Lipinski definition) is 3. The molecule has 0 aliphatic carbocycles. The number of carbonyl (C=O) groups is 2. The molecule has 2 aromatic rings. The van der Waals surface area contributed by atoms with Crippen molar-refractivity contribution in [3.8, 4) is 0 Å². The lowest BCUT2D eigenvalue weighted by Gasteiger charge is -2.08. The summed E-state index contributed by atoms with van der Waals surface area (Å²) in [6.07, 6.45) is 2.41. The lowest BCUT2D eigenvalue weighted by Crippen LogP contribution is -2.22. The molecule has 0 atom stereocenters. The van der Waals surface area contributed by atoms with Crippen LogP contribution in [0.25, 0.3) is 0 Å². The van der Waals surface area contributed by atoms with Crippen LogP contribution in [-0.4, -0.2) is 22.0 Å². The number of carbonyl (C=O) groups excluding carboxylic acids is 1. The van der Waals surface area contributed by atoms with Gasteiger partial charge in [-0.2, -0.15) is 0 Å². The van der Waals surface area contributed by atoms with Crippen LogP contribution in [0.2, 0.25) is 0 Å². The molecule has 2 rings (SSSR count). The van der Waals surface area contributed by atoms with Crippen LogP contribution in [0.5, 0.6) is 0 Å². The first kappa shape index (κ1) is 14.4. The number of aromatic carboxylic acids is 1. The molecule has 0 saturated carbocycles. The van der Waals surface area contributed by atoms with E-state index in [2.05, 4.69) is 10.3 Å². The average molecular weight is 294 g/mol. The fourth-order valence-electron chi connectivity index (χ4n) is 1.61. The first-order valence-corrected chi connectivity index (χ1v) is 5.61. The van der Waals surface area contributed by atoms with Gasteiger partial charge in [-0.15, -0.1) is 0 Å². The zero-order valence-corrected chi connectivity index (χ0v) is 10.3. The number of nitrogens with one attached hydrogen (secondary N) is 2. The van der Waals surface area contributed by atoms with Crippen molar-refractivity contribution in [3.05, 3.63) is 63.6 Å². The molecule has 0 saturated heterocycles. The first-order chi connectivity index (χ1) is 9.90. The fraction of sp³-hybridized carbons (Fsp3) is 0. The summed E-state index contributed by atoms with van der Waals surface area (Å²) >= 11 is 0. The minimum absolute atomic E-state index is 0.293. The summed E-state index contributed by atoms with van der Waals surface area (Å²) in [4.78, 5) is 36.8. The Morgan fingerprint density at radius 2 is 1.81 bits per heavy atom. The Morgan fingerprint density at radius 3 is 2.43 bits per heavy atom. The number of aromatic amines is 1. The Morgan fingerprint density at radius 1 is 1.14 bits per heavy atom. The number of amides is 1. The number of carboxylic acids is 1. The highest BCUT2D eigenvalue weighted by atomic mass is 19.2. The van der Waals surface area contributed by atoms with E-state index >= 15 is 0 Å². The van der Waals surface area contributed by atoms with Crippen LogP contribution in [0.15, 0.2) is 35.4 Å². The summed E-state index contributed by atoms with van der Waals surface area (Å²) < 4.78 is 26.2. The van der Waals surface area contributed by atoms with E-state index in [9.17, 15) is 23.2 Å². The zero-order valence-electron chi connectivity index (χ0n) is 10.3. The second-order valence-electron chi connectivity index (χ2n) is 3.99. The summed E-state index contributed by atoms with van der Waals surface area (Å²) in [5, 5.41) is 11.0. The van der Waals surface area contributed by atoms with Crippen LogP contribution in [0.1, 0.15) is 20.7 Å². The second kappa shape index (κ2) is 5.53. The van der Waals surface area contributed by atoms with Crippen molar-refractivity contribution in [2.75, 3.05) is 5.32 Å². The standard InChI is InChI=1S/C13H8F2N2O4/c14-8-3-6(13(20)21)10(4-9(8)15)17-12(19)7-5-16-2-1-11(7)18/h1-5H,(H,16,18)(H,17,19)(H,20,21). The van der Waals surface area contributed by atoms with E-state index < -0.39 is 40.2 Å². The molecular weight excluding hydrogens is 286 g/mol. The Kier molecular flexibility index (Phi) is 3.79. The number of halogens is 2. The number of H-pyrrole nitrogens is 1. The number of carboxylic acid groups (broad SMARTS) is 1. The Balaban J connectivity index is 2.42. The molecule has 0 aliphatic heterocycles. The Hall–Kier alpha value is -3.03. The SMILES string of the molecule is O=C(O)c1cc(F)c(F)cc1NC(=O)c1c[nH]ccc1=O. The van der Waals surface area contributed by atoms with Crippen molar-refractivity contribution in [2.24, 2.45) is 0 Å². The second-order valence-corrected chi connectivity index (χ2v) is 3.99. The highest BCUT2D eigenvalue weighted by Crippen LogP contribution is 2.20. The van der Waals surface area contributed by atoms with Gasteiger partial charge in [0.15, 0.2) is 17.1 Å². The normalized spacial score (nSPS) is 10.2. The van der Waals surface area contributed by atoms with Gasteiger partial charge >= 0.3 is 5.97 Å². The molecule has 0 fully saturated rings. The van der Waals surface area contributed by atoms with Gasteiger partial charge in [0.1, 0.15) is 5.56 Å². The van der Waals surface area contributed by atoms with Crippen molar-refractivity contribution in [3.63, 3.8) is 0 Å². The summed E-state index contributed by atoms with van der Waals surface area (Å²) in [6.45, 7) is 0. The van der Waals surface area contributed by atoms with Gasteiger partial charge in [0.05, 0.1) is 11.3 Å². The molecule has 1 aromatic carbocycles. The summed E-state index contributed by atoms with van der Waals surface area (Å²) in [5.41, 5.74) is -1.98. The number of anilines is 1. The van der Waals surface area contributed by atoms with Crippen molar-refractivity contribution in [1.29, 1.82) is 0 Å². The molecule has 0 bridgehead atoms. The molecule has 3 N–H and O–H groups in total. The fourth-order valence-corrected chi connectivity index (χ4v) is 1.61. The van der Waals surface area contributed by atoms with Crippen molar-refractivity contribution in [1.82, 2.24) is 4.98 Å². The topological polar surface area (TPSA) is 99.3 Å². The van der Waals surface area contributed by atoms with Crippen LogP contribution in [-0.2, 0) is 0 Å². The van der Waals surface area contributed by atoms with Gasteiger partial charge in [0.25, 0.3) is 5.91 Å². The quantitative estimate of drug-likeness (QED) is 0.800. The van der Waals surface area contributed by atoms with E-state index in [-0.39, 0.29) is 5.56 Å². The van der Waals surface area contributed by atoms with Crippen molar-refractivity contribution in [2.45, 2.75) is 0 Å². The molecule has 1 amide bonds. The van der Waals surface area contributed by atoms with Gasteiger partial charge in [-0.1, -0.05) is 0 Å². The van der Waals surface area contributed by atoms with Gasteiger partial charge in [-0.3, -0.25) is 9.59 Å². The predicted molar refractivity (Wildman–Crippen MR) is 68.3 cm³/mol. The highest BCUT2D eigenvalue weighted by molar-refractivity contribution is 6.07. The van der Waals surface area contributed by atoms with Gasteiger partial charge < -0.3 is 15.4 Å². The van der Waals surface area contributed by atoms with Crippen LogP contribution in [0.4, 0.5) is 14.5 Å². The maximum Gasteiger partial charge on any atom is 0.337 e. The van der Waals surface area contributed by atoms with Crippen LogP contribution >= 0.6 is 0 Å². The molecule has 6 nitrogen and oxygen atoms in total. The minimum Gasteiger partial charge on any atom is -0.478 e. The van der Waals surface area contributed by atoms with E-state index in [1.807, 2.05) is 0 Å². The largest absolute Gasteiger partial charge is 0.478 e. The molecule has 0 unspecified atom stereocenters. The van der Waals surface area contributed by atoms with Crippen LogP contribution < -0.4 is 10.7 Å². The van der Waals surface area contributed by atoms with Crippen LogP contribution in [0.3, 0.4) is 0 Å². The maximum absolute atomic E-state index is 13.2. The maximum atomic E-state index is 13.2. The molecule has 8 heteroatoms. The lowest BCUT2D eigenvalue weighted by atomic mass is 10.1. The molecule has 1 aromatic heterocycles. The monoisotopic (exact) mass is 294 g/mol. The van der Waals surface area contributed by atoms with E-state index in [0.29, 0.717) is 12.1 Å². The smallest absolute Gasteiger partial charge is 0.337 e. The van der Waals surface area contributed by atoms with E-state index in [0.717, 1.165) is 12.3 Å². The summed E-state index contributed by atoms with van der Waals surface area (Å²) in [5.74, 6) is -5.17. The van der Waals surface area contributed by atoms with Gasteiger partial charge in [0.2, 0.25) is 0 Å². The van der Waals surface area contributed by atoms with E-state index in [1.54, 1.807) is 0 Å². The lowest BCUT2D eigenvalue weighted by molar-refractivity contribution is 0.0697. The Labute approximate surface area is 116 Å². The third-order valence-corrected chi connectivity index (χ3v) is 2.61. The van der Waals surface area contributed by atoms with E-state index in [4.69, 9.17) is 5.11 Å². The molecule has 21 heavy (non-hydrogen) atoms. The summed E-state index contributed by atoms with van der Waals surface area (Å²) in [7, 11) is 0. The number of hydrogen-bond donors (Lipinski definition) is 3. The van der Waals surface area contributed by atoms with Crippen LogP contribution in [0, 0.1) is 11.6 Å². The Bertz CT molecular complexity index is 786. The number of rotatable bonds is 3. The molecule has 108 valence electrons. The van der Waals surface area contributed by atoms with Gasteiger partial charge in [-0.25, -0.2) is 13.6 Å². The van der Waals surface area contributed by atoms with E-state index in [1.165, 1.54) is 6.20 Å². The van der Waals surface area contributed by atoms with Crippen molar-refractivity contribution < 1.29 is 23.5 Å². The molecule has 1 heterocycles. The molecule has 0 aliphatic rings. The molecule has 0 radical (unpaired) electrons. The molecular formula is C13H8F2N2O4. The average Bonchev–Trinajstić information content (AvgIpc) is 2.42. The predicted octanol–water partition coefficient (Wildman–Crippen LogP) is 1.60.